The van der Waals surface area contributed by atoms with Crippen LogP contribution >= 0.6 is 0 Å². The summed E-state index contributed by atoms with van der Waals surface area (Å²) >= 11 is 0. The lowest BCUT2D eigenvalue weighted by molar-refractivity contribution is -0.134. The highest BCUT2D eigenvalue weighted by atomic mass is 16.5. The molecule has 0 aliphatic heterocycles. The Kier molecular flexibility index (Phi) is 6.45. The van der Waals surface area contributed by atoms with Gasteiger partial charge in [0.2, 0.25) is 0 Å². The third kappa shape index (κ3) is 5.20. The van der Waals surface area contributed by atoms with Crippen LogP contribution in [-0.2, 0) is 11.3 Å². The van der Waals surface area contributed by atoms with Crippen molar-refractivity contribution in [1.82, 2.24) is 4.90 Å². The fourth-order valence-corrected chi connectivity index (χ4v) is 2.86. The van der Waals surface area contributed by atoms with Gasteiger partial charge in [-0.3, -0.25) is 4.79 Å². The van der Waals surface area contributed by atoms with E-state index in [-0.39, 0.29) is 25.0 Å². The zero-order chi connectivity index (χ0) is 19.9. The van der Waals surface area contributed by atoms with E-state index in [4.69, 9.17) is 9.15 Å². The van der Waals surface area contributed by atoms with E-state index < -0.39 is 5.63 Å². The first-order chi connectivity index (χ1) is 13.5. The van der Waals surface area contributed by atoms with Gasteiger partial charge in [0.1, 0.15) is 11.3 Å². The number of carbonyl (C=O) groups is 1. The van der Waals surface area contributed by atoms with Crippen molar-refractivity contribution in [2.45, 2.75) is 13.5 Å². The van der Waals surface area contributed by atoms with Gasteiger partial charge in [-0.05, 0) is 29.7 Å². The number of aliphatic hydroxyl groups excluding tert-OH is 1. The highest BCUT2D eigenvalue weighted by Crippen LogP contribution is 2.19. The zero-order valence-corrected chi connectivity index (χ0v) is 15.7. The van der Waals surface area contributed by atoms with Crippen LogP contribution in [0, 0.1) is 5.92 Å². The fourth-order valence-electron chi connectivity index (χ4n) is 2.86. The molecule has 6 nitrogen and oxygen atoms in total. The molecule has 0 bridgehead atoms. The molecule has 6 heteroatoms. The molecule has 0 radical (unpaired) electrons. The van der Waals surface area contributed by atoms with Gasteiger partial charge in [0.05, 0.1) is 0 Å². The van der Waals surface area contributed by atoms with Crippen LogP contribution in [0.4, 0.5) is 0 Å². The highest BCUT2D eigenvalue weighted by Gasteiger charge is 2.17. The summed E-state index contributed by atoms with van der Waals surface area (Å²) in [6.07, 6.45) is 0. The number of aliphatic hydroxyl groups is 1. The van der Waals surface area contributed by atoms with Crippen LogP contribution in [0.25, 0.3) is 11.0 Å². The lowest BCUT2D eigenvalue weighted by Crippen LogP contribution is -2.38. The summed E-state index contributed by atoms with van der Waals surface area (Å²) < 4.78 is 10.8. The Morgan fingerprint density at radius 2 is 1.89 bits per heavy atom. The second kappa shape index (κ2) is 9.19. The van der Waals surface area contributed by atoms with Gasteiger partial charge < -0.3 is 19.2 Å². The van der Waals surface area contributed by atoms with Crippen molar-refractivity contribution in [2.24, 2.45) is 5.92 Å². The van der Waals surface area contributed by atoms with E-state index in [1.165, 1.54) is 6.07 Å². The molecule has 0 spiro atoms. The van der Waals surface area contributed by atoms with Gasteiger partial charge >= 0.3 is 5.63 Å². The molecule has 0 saturated carbocycles. The molecule has 1 aromatic heterocycles. The lowest BCUT2D eigenvalue weighted by Gasteiger charge is -2.25. The number of amides is 1. The highest BCUT2D eigenvalue weighted by molar-refractivity contribution is 5.79. The summed E-state index contributed by atoms with van der Waals surface area (Å²) in [4.78, 5) is 25.8. The number of hydrogen-bond donors (Lipinski definition) is 1. The quantitative estimate of drug-likeness (QED) is 0.607. The summed E-state index contributed by atoms with van der Waals surface area (Å²) in [7, 11) is 0. The second-order valence-corrected chi connectivity index (χ2v) is 6.79. The Balaban J connectivity index is 1.69. The number of ether oxygens (including phenoxy) is 1. The molecular formula is C22H23NO5. The molecule has 1 heterocycles. The number of rotatable bonds is 8. The van der Waals surface area contributed by atoms with Crippen LogP contribution in [0.5, 0.6) is 5.75 Å². The van der Waals surface area contributed by atoms with Gasteiger partial charge in [0.15, 0.2) is 6.61 Å². The summed E-state index contributed by atoms with van der Waals surface area (Å²) in [6, 6.07) is 17.8. The monoisotopic (exact) mass is 381 g/mol. The van der Waals surface area contributed by atoms with Gasteiger partial charge in [-0.15, -0.1) is 0 Å². The molecule has 2 aromatic carbocycles. The van der Waals surface area contributed by atoms with Gasteiger partial charge in [0.25, 0.3) is 5.91 Å². The van der Waals surface area contributed by atoms with Crippen molar-refractivity contribution in [3.8, 4) is 5.75 Å². The van der Waals surface area contributed by atoms with Gasteiger partial charge in [0, 0.05) is 37.2 Å². The maximum atomic E-state index is 12.7. The Hall–Kier alpha value is -3.12. The van der Waals surface area contributed by atoms with Crippen LogP contribution < -0.4 is 10.4 Å². The van der Waals surface area contributed by atoms with Gasteiger partial charge in [-0.1, -0.05) is 37.3 Å². The third-order valence-corrected chi connectivity index (χ3v) is 4.37. The van der Waals surface area contributed by atoms with Crippen molar-refractivity contribution in [3.05, 3.63) is 76.6 Å². The van der Waals surface area contributed by atoms with Crippen molar-refractivity contribution < 1.29 is 19.1 Å². The first-order valence-electron chi connectivity index (χ1n) is 9.14. The molecule has 1 atom stereocenters. The van der Waals surface area contributed by atoms with Crippen LogP contribution in [0.2, 0.25) is 0 Å². The molecule has 3 rings (SSSR count). The van der Waals surface area contributed by atoms with E-state index in [9.17, 15) is 14.7 Å². The summed E-state index contributed by atoms with van der Waals surface area (Å²) in [5.74, 6) is 0.228. The number of carbonyl (C=O) groups excluding carboxylic acids is 1. The van der Waals surface area contributed by atoms with E-state index >= 15 is 0 Å². The molecule has 0 aliphatic rings. The van der Waals surface area contributed by atoms with Crippen LogP contribution in [-0.4, -0.2) is 35.7 Å². The molecule has 1 N–H and O–H groups in total. The minimum atomic E-state index is -0.437. The Labute approximate surface area is 163 Å². The van der Waals surface area contributed by atoms with Gasteiger partial charge in [-0.2, -0.15) is 0 Å². The zero-order valence-electron chi connectivity index (χ0n) is 15.7. The number of benzene rings is 2. The minimum Gasteiger partial charge on any atom is -0.484 e. The number of fused-ring (bicyclic) bond motifs is 1. The van der Waals surface area contributed by atoms with Crippen LogP contribution in [0.3, 0.4) is 0 Å². The molecule has 28 heavy (non-hydrogen) atoms. The maximum absolute atomic E-state index is 12.7. The summed E-state index contributed by atoms with van der Waals surface area (Å²) in [6.45, 7) is 2.62. The predicted molar refractivity (Wildman–Crippen MR) is 106 cm³/mol. The third-order valence-electron chi connectivity index (χ3n) is 4.37. The Bertz CT molecular complexity index is 983. The predicted octanol–water partition coefficient (Wildman–Crippen LogP) is 2.83. The van der Waals surface area contributed by atoms with Crippen LogP contribution in [0.15, 0.2) is 69.9 Å². The smallest absolute Gasteiger partial charge is 0.336 e. The largest absolute Gasteiger partial charge is 0.484 e. The first-order valence-corrected chi connectivity index (χ1v) is 9.14. The van der Waals surface area contributed by atoms with E-state index in [0.717, 1.165) is 10.9 Å². The molecule has 0 aliphatic carbocycles. The fraction of sp³-hybridized carbons (Fsp3) is 0.273. The lowest BCUT2D eigenvalue weighted by atomic mass is 10.1. The van der Waals surface area contributed by atoms with Gasteiger partial charge in [-0.25, -0.2) is 4.79 Å². The molecule has 0 fully saturated rings. The average Bonchev–Trinajstić information content (AvgIpc) is 2.71. The summed E-state index contributed by atoms with van der Waals surface area (Å²) in [5.41, 5.74) is 0.980. The van der Waals surface area contributed by atoms with Crippen molar-refractivity contribution >= 4 is 16.9 Å². The normalized spacial score (nSPS) is 11.9. The van der Waals surface area contributed by atoms with Crippen molar-refractivity contribution in [2.75, 3.05) is 19.8 Å². The topological polar surface area (TPSA) is 80.0 Å². The molecular weight excluding hydrogens is 358 g/mol. The van der Waals surface area contributed by atoms with Crippen molar-refractivity contribution in [3.63, 3.8) is 0 Å². The van der Waals surface area contributed by atoms with E-state index in [0.29, 0.717) is 24.4 Å². The average molecular weight is 381 g/mol. The van der Waals surface area contributed by atoms with Crippen LogP contribution in [0.1, 0.15) is 12.5 Å². The SMILES string of the molecule is C[C@@H](CO)CN(Cc1ccccc1)C(=O)COc1ccc2ccc(=O)oc2c1. The van der Waals surface area contributed by atoms with Crippen molar-refractivity contribution in [1.29, 1.82) is 0 Å². The first kappa shape index (κ1) is 19.6. The Morgan fingerprint density at radius 3 is 2.64 bits per heavy atom. The number of hydrogen-bond acceptors (Lipinski definition) is 5. The summed E-state index contributed by atoms with van der Waals surface area (Å²) in [5, 5.41) is 10.1. The molecule has 1 amide bonds. The minimum absolute atomic E-state index is 0.00311. The number of nitrogens with zero attached hydrogens (tertiary/aromatic N) is 1. The Morgan fingerprint density at radius 1 is 1.14 bits per heavy atom. The molecule has 146 valence electrons. The van der Waals surface area contributed by atoms with E-state index in [2.05, 4.69) is 0 Å². The second-order valence-electron chi connectivity index (χ2n) is 6.79. The standard InChI is InChI=1S/C22H23NO5/c1-16(14-24)12-23(13-17-5-3-2-4-6-17)21(25)15-27-19-9-7-18-8-10-22(26)28-20(18)11-19/h2-11,16,24H,12-15H2,1H3/t16-/m1/s1. The van der Waals surface area contributed by atoms with E-state index in [1.807, 2.05) is 37.3 Å². The maximum Gasteiger partial charge on any atom is 0.336 e. The molecule has 0 unspecified atom stereocenters. The molecule has 0 saturated heterocycles. The van der Waals surface area contributed by atoms with E-state index in [1.54, 1.807) is 29.2 Å². The molecule has 3 aromatic rings.